The highest BCUT2D eigenvalue weighted by Crippen LogP contribution is 2.28. The molecule has 106 valence electrons. The summed E-state index contributed by atoms with van der Waals surface area (Å²) < 4.78 is 14.9. The Balaban J connectivity index is 2.25. The zero-order valence-corrected chi connectivity index (χ0v) is 13.3. The van der Waals surface area contributed by atoms with Crippen LogP contribution in [-0.4, -0.2) is 5.11 Å². The smallest absolute Gasteiger partial charge is 0.132 e. The summed E-state index contributed by atoms with van der Waals surface area (Å²) >= 11 is 3.53. The molecule has 4 heteroatoms. The maximum Gasteiger partial charge on any atom is 0.132 e. The molecule has 2 aromatic carbocycles. The number of phenolic OH excluding ortho intramolecular Hbond substituents is 1. The zero-order valence-electron chi connectivity index (χ0n) is 11.7. The van der Waals surface area contributed by atoms with Crippen LogP contribution in [0.1, 0.15) is 29.7 Å². The minimum Gasteiger partial charge on any atom is -0.508 e. The van der Waals surface area contributed by atoms with Crippen LogP contribution in [-0.2, 0) is 0 Å². The van der Waals surface area contributed by atoms with E-state index in [1.807, 2.05) is 32.9 Å². The highest BCUT2D eigenvalue weighted by molar-refractivity contribution is 9.10. The Hall–Kier alpha value is -1.55. The van der Waals surface area contributed by atoms with E-state index < -0.39 is 5.82 Å². The first kappa shape index (κ1) is 14.9. The maximum atomic E-state index is 13.8. The summed E-state index contributed by atoms with van der Waals surface area (Å²) in [5.41, 5.74) is 3.74. The van der Waals surface area contributed by atoms with Gasteiger partial charge in [-0.3, -0.25) is 0 Å². The Morgan fingerprint density at radius 1 is 1.15 bits per heavy atom. The monoisotopic (exact) mass is 337 g/mol. The molecule has 0 spiro atoms. The van der Waals surface area contributed by atoms with Gasteiger partial charge >= 0.3 is 0 Å². The number of hydrogen-bond acceptors (Lipinski definition) is 2. The van der Waals surface area contributed by atoms with Crippen molar-refractivity contribution in [3.63, 3.8) is 0 Å². The summed E-state index contributed by atoms with van der Waals surface area (Å²) in [7, 11) is 0. The van der Waals surface area contributed by atoms with Crippen LogP contribution in [0.25, 0.3) is 0 Å². The molecule has 0 aliphatic heterocycles. The van der Waals surface area contributed by atoms with Crippen LogP contribution < -0.4 is 5.32 Å². The summed E-state index contributed by atoms with van der Waals surface area (Å²) in [6.07, 6.45) is 0. The molecule has 1 unspecified atom stereocenters. The molecule has 0 aromatic heterocycles. The minimum atomic E-state index is -0.407. The van der Waals surface area contributed by atoms with Crippen molar-refractivity contribution in [2.24, 2.45) is 0 Å². The van der Waals surface area contributed by atoms with Crippen LogP contribution >= 0.6 is 15.9 Å². The lowest BCUT2D eigenvalue weighted by Gasteiger charge is -2.18. The average molecular weight is 338 g/mol. The molecule has 20 heavy (non-hydrogen) atoms. The summed E-state index contributed by atoms with van der Waals surface area (Å²) in [6, 6.07) is 8.08. The van der Waals surface area contributed by atoms with Gasteiger partial charge in [-0.15, -0.1) is 0 Å². The standard InChI is InChI=1S/C16H17BrFNO/c1-9-6-12(7-10(2)16(9)17)19-11(3)14-5-4-13(20)8-15(14)18/h4-8,11,19-20H,1-3H3. The molecule has 0 heterocycles. The van der Waals surface area contributed by atoms with E-state index in [1.165, 1.54) is 6.07 Å². The Kier molecular flexibility index (Phi) is 4.33. The van der Waals surface area contributed by atoms with Crippen LogP contribution in [0.3, 0.4) is 0 Å². The number of rotatable bonds is 3. The summed E-state index contributed by atoms with van der Waals surface area (Å²) in [5.74, 6) is -0.468. The first-order valence-electron chi connectivity index (χ1n) is 6.40. The van der Waals surface area contributed by atoms with E-state index >= 15 is 0 Å². The molecule has 2 nitrogen and oxygen atoms in total. The predicted molar refractivity (Wildman–Crippen MR) is 83.7 cm³/mol. The van der Waals surface area contributed by atoms with Crippen molar-refractivity contribution in [3.05, 3.63) is 57.3 Å². The number of phenols is 1. The van der Waals surface area contributed by atoms with Crippen LogP contribution in [0.15, 0.2) is 34.8 Å². The summed E-state index contributed by atoms with van der Waals surface area (Å²) in [4.78, 5) is 0. The van der Waals surface area contributed by atoms with Crippen molar-refractivity contribution in [3.8, 4) is 5.75 Å². The average Bonchev–Trinajstić information content (AvgIpc) is 2.35. The third kappa shape index (κ3) is 3.12. The number of anilines is 1. The van der Waals surface area contributed by atoms with E-state index in [2.05, 4.69) is 21.2 Å². The summed E-state index contributed by atoms with van der Waals surface area (Å²) in [6.45, 7) is 5.93. The lowest BCUT2D eigenvalue weighted by Crippen LogP contribution is -2.09. The second-order valence-corrected chi connectivity index (χ2v) is 5.79. The lowest BCUT2D eigenvalue weighted by atomic mass is 10.1. The van der Waals surface area contributed by atoms with Gasteiger partial charge in [-0.25, -0.2) is 4.39 Å². The molecule has 0 radical (unpaired) electrons. The van der Waals surface area contributed by atoms with E-state index in [0.717, 1.165) is 27.4 Å². The fourth-order valence-electron chi connectivity index (χ4n) is 2.22. The van der Waals surface area contributed by atoms with Gasteiger partial charge in [-0.2, -0.15) is 0 Å². The van der Waals surface area contributed by atoms with Crippen molar-refractivity contribution in [2.45, 2.75) is 26.8 Å². The Morgan fingerprint density at radius 2 is 1.75 bits per heavy atom. The van der Waals surface area contributed by atoms with Crippen molar-refractivity contribution in [1.82, 2.24) is 0 Å². The SMILES string of the molecule is Cc1cc(NC(C)c2ccc(O)cc2F)cc(C)c1Br. The van der Waals surface area contributed by atoms with Gasteiger partial charge in [0.2, 0.25) is 0 Å². The van der Waals surface area contributed by atoms with Crippen molar-refractivity contribution in [2.75, 3.05) is 5.32 Å². The summed E-state index contributed by atoms with van der Waals surface area (Å²) in [5, 5.41) is 12.5. The third-order valence-electron chi connectivity index (χ3n) is 3.27. The van der Waals surface area contributed by atoms with Crippen molar-refractivity contribution in [1.29, 1.82) is 0 Å². The van der Waals surface area contributed by atoms with Crippen LogP contribution in [0.2, 0.25) is 0 Å². The number of aromatic hydroxyl groups is 1. The van der Waals surface area contributed by atoms with E-state index in [1.54, 1.807) is 6.07 Å². The molecule has 0 saturated heterocycles. The van der Waals surface area contributed by atoms with Gasteiger partial charge < -0.3 is 10.4 Å². The van der Waals surface area contributed by atoms with Crippen LogP contribution in [0.4, 0.5) is 10.1 Å². The molecular formula is C16H17BrFNO. The number of nitrogens with one attached hydrogen (secondary N) is 1. The second kappa shape index (κ2) is 5.83. The molecule has 0 aliphatic rings. The normalized spacial score (nSPS) is 12.2. The van der Waals surface area contributed by atoms with Gasteiger partial charge in [0.05, 0.1) is 6.04 Å². The Bertz CT molecular complexity index is 619. The third-order valence-corrected chi connectivity index (χ3v) is 4.52. The predicted octanol–water partition coefficient (Wildman–Crippen LogP) is 5.08. The highest BCUT2D eigenvalue weighted by Gasteiger charge is 2.12. The van der Waals surface area contributed by atoms with Crippen molar-refractivity contribution < 1.29 is 9.50 Å². The molecule has 2 rings (SSSR count). The largest absolute Gasteiger partial charge is 0.508 e. The van der Waals surface area contributed by atoms with E-state index in [9.17, 15) is 9.50 Å². The second-order valence-electron chi connectivity index (χ2n) is 5.00. The molecule has 2 N–H and O–H groups in total. The molecule has 0 amide bonds. The molecule has 0 aliphatic carbocycles. The van der Waals surface area contributed by atoms with Crippen LogP contribution in [0, 0.1) is 19.7 Å². The number of benzene rings is 2. The lowest BCUT2D eigenvalue weighted by molar-refractivity contribution is 0.467. The van der Waals surface area contributed by atoms with Gasteiger partial charge in [0.1, 0.15) is 11.6 Å². The maximum absolute atomic E-state index is 13.8. The van der Waals surface area contributed by atoms with E-state index in [-0.39, 0.29) is 11.8 Å². The fraction of sp³-hybridized carbons (Fsp3) is 0.250. The van der Waals surface area contributed by atoms with Crippen LogP contribution in [0.5, 0.6) is 5.75 Å². The molecule has 0 saturated carbocycles. The zero-order chi connectivity index (χ0) is 14.9. The molecule has 2 aromatic rings. The first-order chi connectivity index (χ1) is 9.38. The first-order valence-corrected chi connectivity index (χ1v) is 7.19. The van der Waals surface area contributed by atoms with Gasteiger partial charge in [-0.05, 0) is 50.1 Å². The van der Waals surface area contributed by atoms with E-state index in [4.69, 9.17) is 0 Å². The number of aryl methyl sites for hydroxylation is 2. The van der Waals surface area contributed by atoms with Gasteiger partial charge in [0.15, 0.2) is 0 Å². The number of halogens is 2. The van der Waals surface area contributed by atoms with Crippen molar-refractivity contribution >= 4 is 21.6 Å². The number of hydrogen-bond donors (Lipinski definition) is 2. The topological polar surface area (TPSA) is 32.3 Å². The Morgan fingerprint density at radius 3 is 2.30 bits per heavy atom. The fourth-order valence-corrected chi connectivity index (χ4v) is 2.45. The Labute approximate surface area is 126 Å². The quantitative estimate of drug-likeness (QED) is 0.818. The molecular weight excluding hydrogens is 321 g/mol. The molecule has 1 atom stereocenters. The molecule has 0 bridgehead atoms. The van der Waals surface area contributed by atoms with E-state index in [0.29, 0.717) is 5.56 Å². The molecule has 0 fully saturated rings. The van der Waals surface area contributed by atoms with Gasteiger partial charge in [0, 0.05) is 21.8 Å². The highest BCUT2D eigenvalue weighted by atomic mass is 79.9. The van der Waals surface area contributed by atoms with Gasteiger partial charge in [-0.1, -0.05) is 22.0 Å². The van der Waals surface area contributed by atoms with Gasteiger partial charge in [0.25, 0.3) is 0 Å². The minimum absolute atomic E-state index is 0.0613.